The second-order valence-electron chi connectivity index (χ2n) is 3.62. The molecule has 84 valence electrons. The minimum Gasteiger partial charge on any atom is -0.493 e. The molecule has 0 saturated carbocycles. The molecule has 0 amide bonds. The second-order valence-corrected chi connectivity index (χ2v) is 3.62. The molecule has 1 rings (SSSR count). The van der Waals surface area contributed by atoms with Gasteiger partial charge in [-0.15, -0.1) is 0 Å². The van der Waals surface area contributed by atoms with Crippen LogP contribution in [0.2, 0.25) is 0 Å². The molecular formula is C12H19NO2. The van der Waals surface area contributed by atoms with Crippen LogP contribution in [0.3, 0.4) is 0 Å². The van der Waals surface area contributed by atoms with Gasteiger partial charge in [-0.25, -0.2) is 0 Å². The van der Waals surface area contributed by atoms with E-state index in [4.69, 9.17) is 9.47 Å². The molecule has 1 aromatic rings. The van der Waals surface area contributed by atoms with E-state index in [9.17, 15) is 0 Å². The standard InChI is InChI=1S/C12H19NO2/c1-10(8-13-2)9-15-12-7-5-4-6-11(12)14-3/h4-7,10,13H,8-9H2,1-3H3/t10-/m0/s1. The van der Waals surface area contributed by atoms with Crippen LogP contribution in [-0.4, -0.2) is 27.3 Å². The lowest BCUT2D eigenvalue weighted by atomic mass is 10.2. The van der Waals surface area contributed by atoms with Crippen LogP contribution in [0.4, 0.5) is 0 Å². The van der Waals surface area contributed by atoms with E-state index in [0.29, 0.717) is 12.5 Å². The van der Waals surface area contributed by atoms with Crippen LogP contribution in [0.1, 0.15) is 6.92 Å². The summed E-state index contributed by atoms with van der Waals surface area (Å²) in [4.78, 5) is 0. The Labute approximate surface area is 91.4 Å². The topological polar surface area (TPSA) is 30.5 Å². The summed E-state index contributed by atoms with van der Waals surface area (Å²) in [5.41, 5.74) is 0. The second kappa shape index (κ2) is 6.30. The quantitative estimate of drug-likeness (QED) is 0.776. The maximum absolute atomic E-state index is 5.68. The van der Waals surface area contributed by atoms with E-state index in [1.165, 1.54) is 0 Å². The lowest BCUT2D eigenvalue weighted by molar-refractivity contribution is 0.246. The third-order valence-corrected chi connectivity index (χ3v) is 2.15. The number of nitrogens with one attached hydrogen (secondary N) is 1. The van der Waals surface area contributed by atoms with Gasteiger partial charge in [0.1, 0.15) is 0 Å². The molecule has 0 bridgehead atoms. The van der Waals surface area contributed by atoms with Crippen molar-refractivity contribution in [3.05, 3.63) is 24.3 Å². The molecule has 0 aliphatic heterocycles. The molecule has 0 unspecified atom stereocenters. The van der Waals surface area contributed by atoms with Gasteiger partial charge in [-0.2, -0.15) is 0 Å². The van der Waals surface area contributed by atoms with Crippen molar-refractivity contribution in [1.29, 1.82) is 0 Å². The normalized spacial score (nSPS) is 12.2. The summed E-state index contributed by atoms with van der Waals surface area (Å²) >= 11 is 0. The molecule has 3 nitrogen and oxygen atoms in total. The number of ether oxygens (including phenoxy) is 2. The van der Waals surface area contributed by atoms with Gasteiger partial charge >= 0.3 is 0 Å². The summed E-state index contributed by atoms with van der Waals surface area (Å²) in [6.07, 6.45) is 0. The Bertz CT molecular complexity index is 289. The fraction of sp³-hybridized carbons (Fsp3) is 0.500. The Kier molecular flexibility index (Phi) is 4.98. The van der Waals surface area contributed by atoms with Crippen LogP contribution in [0.15, 0.2) is 24.3 Å². The van der Waals surface area contributed by atoms with E-state index in [2.05, 4.69) is 12.2 Å². The average Bonchev–Trinajstić information content (AvgIpc) is 2.27. The molecule has 0 spiro atoms. The number of para-hydroxylation sites is 2. The van der Waals surface area contributed by atoms with Gasteiger partial charge in [-0.1, -0.05) is 19.1 Å². The predicted molar refractivity (Wildman–Crippen MR) is 61.6 cm³/mol. The first-order valence-electron chi connectivity index (χ1n) is 5.18. The highest BCUT2D eigenvalue weighted by Gasteiger charge is 2.05. The van der Waals surface area contributed by atoms with Crippen molar-refractivity contribution in [2.24, 2.45) is 5.92 Å². The largest absolute Gasteiger partial charge is 0.493 e. The molecule has 1 N–H and O–H groups in total. The first kappa shape index (κ1) is 11.9. The number of methoxy groups -OCH3 is 1. The first-order chi connectivity index (χ1) is 7.27. The maximum Gasteiger partial charge on any atom is 0.161 e. The van der Waals surface area contributed by atoms with Gasteiger partial charge in [0.05, 0.1) is 13.7 Å². The van der Waals surface area contributed by atoms with Gasteiger partial charge in [0.2, 0.25) is 0 Å². The molecule has 0 fully saturated rings. The molecule has 1 atom stereocenters. The predicted octanol–water partition coefficient (Wildman–Crippen LogP) is 1.93. The molecule has 0 saturated heterocycles. The van der Waals surface area contributed by atoms with E-state index in [-0.39, 0.29) is 0 Å². The van der Waals surface area contributed by atoms with Crippen molar-refractivity contribution in [2.45, 2.75) is 6.92 Å². The van der Waals surface area contributed by atoms with Crippen molar-refractivity contribution < 1.29 is 9.47 Å². The van der Waals surface area contributed by atoms with Gasteiger partial charge in [-0.05, 0) is 19.2 Å². The Morgan fingerprint density at radius 1 is 1.27 bits per heavy atom. The minimum atomic E-state index is 0.486. The highest BCUT2D eigenvalue weighted by molar-refractivity contribution is 5.39. The summed E-state index contributed by atoms with van der Waals surface area (Å²) in [5.74, 6) is 2.08. The van der Waals surface area contributed by atoms with E-state index in [0.717, 1.165) is 18.0 Å². The molecule has 0 radical (unpaired) electrons. The summed E-state index contributed by atoms with van der Waals surface area (Å²) < 4.78 is 10.9. The first-order valence-corrected chi connectivity index (χ1v) is 5.18. The van der Waals surface area contributed by atoms with Crippen LogP contribution in [0, 0.1) is 5.92 Å². The van der Waals surface area contributed by atoms with Gasteiger partial charge in [-0.3, -0.25) is 0 Å². The molecule has 0 aliphatic carbocycles. The monoisotopic (exact) mass is 209 g/mol. The van der Waals surface area contributed by atoms with Crippen molar-refractivity contribution in [3.8, 4) is 11.5 Å². The van der Waals surface area contributed by atoms with Crippen molar-refractivity contribution in [2.75, 3.05) is 27.3 Å². The average molecular weight is 209 g/mol. The van der Waals surface area contributed by atoms with Crippen LogP contribution < -0.4 is 14.8 Å². The molecule has 15 heavy (non-hydrogen) atoms. The van der Waals surface area contributed by atoms with Crippen LogP contribution in [0.5, 0.6) is 11.5 Å². The Morgan fingerprint density at radius 2 is 1.93 bits per heavy atom. The lowest BCUT2D eigenvalue weighted by Crippen LogP contribution is -2.21. The maximum atomic E-state index is 5.68. The zero-order valence-electron chi connectivity index (χ0n) is 9.62. The van der Waals surface area contributed by atoms with Gasteiger partial charge < -0.3 is 14.8 Å². The summed E-state index contributed by atoms with van der Waals surface area (Å²) in [6.45, 7) is 3.79. The number of rotatable bonds is 6. The van der Waals surface area contributed by atoms with Crippen LogP contribution >= 0.6 is 0 Å². The lowest BCUT2D eigenvalue weighted by Gasteiger charge is -2.14. The highest BCUT2D eigenvalue weighted by Crippen LogP contribution is 2.25. The SMILES string of the molecule is CNC[C@H](C)COc1ccccc1OC. The molecule has 1 aromatic carbocycles. The fourth-order valence-corrected chi connectivity index (χ4v) is 1.38. The third kappa shape index (κ3) is 3.80. The molecule has 3 heteroatoms. The van der Waals surface area contributed by atoms with Crippen LogP contribution in [-0.2, 0) is 0 Å². The third-order valence-electron chi connectivity index (χ3n) is 2.15. The number of hydrogen-bond acceptors (Lipinski definition) is 3. The fourth-order valence-electron chi connectivity index (χ4n) is 1.38. The van der Waals surface area contributed by atoms with Gasteiger partial charge in [0.25, 0.3) is 0 Å². The number of hydrogen-bond donors (Lipinski definition) is 1. The Hall–Kier alpha value is -1.22. The van der Waals surface area contributed by atoms with E-state index >= 15 is 0 Å². The van der Waals surface area contributed by atoms with Crippen molar-refractivity contribution in [3.63, 3.8) is 0 Å². The summed E-state index contributed by atoms with van der Waals surface area (Å²) in [7, 11) is 3.60. The van der Waals surface area contributed by atoms with E-state index < -0.39 is 0 Å². The van der Waals surface area contributed by atoms with E-state index in [1.807, 2.05) is 31.3 Å². The zero-order chi connectivity index (χ0) is 11.1. The smallest absolute Gasteiger partial charge is 0.161 e. The summed E-state index contributed by atoms with van der Waals surface area (Å²) in [6, 6.07) is 7.70. The zero-order valence-corrected chi connectivity index (χ0v) is 9.62. The number of benzene rings is 1. The van der Waals surface area contributed by atoms with Crippen molar-refractivity contribution >= 4 is 0 Å². The molecule has 0 aliphatic rings. The molecule has 0 aromatic heterocycles. The minimum absolute atomic E-state index is 0.486. The van der Waals surface area contributed by atoms with E-state index in [1.54, 1.807) is 7.11 Å². The highest BCUT2D eigenvalue weighted by atomic mass is 16.5. The van der Waals surface area contributed by atoms with Crippen molar-refractivity contribution in [1.82, 2.24) is 5.32 Å². The van der Waals surface area contributed by atoms with Gasteiger partial charge in [0.15, 0.2) is 11.5 Å². The summed E-state index contributed by atoms with van der Waals surface area (Å²) in [5, 5.41) is 3.12. The van der Waals surface area contributed by atoms with Gasteiger partial charge in [0, 0.05) is 12.5 Å². The molecule has 0 heterocycles. The Balaban J connectivity index is 2.49. The van der Waals surface area contributed by atoms with Crippen LogP contribution in [0.25, 0.3) is 0 Å². The Morgan fingerprint density at radius 3 is 2.53 bits per heavy atom. The molecular weight excluding hydrogens is 190 g/mol.